The maximum Gasteiger partial charge on any atom is 0.191 e. The molecule has 0 radical (unpaired) electrons. The van der Waals surface area contributed by atoms with Crippen molar-refractivity contribution in [3.05, 3.63) is 35.3 Å². The van der Waals surface area contributed by atoms with Gasteiger partial charge in [0, 0.05) is 26.9 Å². The lowest BCUT2D eigenvalue weighted by atomic mass is 10.1. The molecule has 0 spiro atoms. The molecule has 5 rings (SSSR count). The second-order valence-corrected chi connectivity index (χ2v) is 9.16. The minimum Gasteiger partial charge on any atom is -0.394 e. The first-order chi connectivity index (χ1) is 21.2. The number of nitrogens with zero attached hydrogens (tertiary/aromatic N) is 5. The van der Waals surface area contributed by atoms with Crippen LogP contribution in [0.25, 0.3) is 11.2 Å². The summed E-state index contributed by atoms with van der Waals surface area (Å²) >= 11 is 1.15. The third-order valence-corrected chi connectivity index (χ3v) is 6.75. The zero-order valence-electron chi connectivity index (χ0n) is 28.7. The molecule has 0 aliphatic heterocycles. The number of hydrogen-bond donors (Lipinski definition) is 4. The minimum absolute atomic E-state index is 0.0797. The van der Waals surface area contributed by atoms with Gasteiger partial charge in [-0.15, -0.1) is 5.10 Å². The van der Waals surface area contributed by atoms with Crippen molar-refractivity contribution in [2.24, 2.45) is 0 Å². The fourth-order valence-electron chi connectivity index (χ4n) is 3.90. The fraction of sp³-hybridized carbons (Fsp3) is 0.565. The van der Waals surface area contributed by atoms with E-state index in [1.54, 1.807) is 0 Å². The SMILES string of the molecule is [2H]c1c([2H])c(C2C([2H])([2H])[C@]2([2H])Nc2nc(SCCC)nc3c2nnn3[C@@H]2C[C@H](OC([2H])([2H])C([2H])([2H])O)[C@@H](O)[C@H]2O)c([2H])c(F)c1F. The maximum absolute atomic E-state index is 14.4. The van der Waals surface area contributed by atoms with Crippen molar-refractivity contribution in [1.82, 2.24) is 25.0 Å². The van der Waals surface area contributed by atoms with Crippen molar-refractivity contribution >= 4 is 28.7 Å². The van der Waals surface area contributed by atoms with Crippen LogP contribution in [0.1, 0.15) is 57.4 Å². The Morgan fingerprint density at radius 3 is 2.94 bits per heavy atom. The maximum atomic E-state index is 14.4. The summed E-state index contributed by atoms with van der Waals surface area (Å²) < 4.78 is 114. The molecular formula is C23H28F2N6O4S. The first kappa shape index (κ1) is 15.7. The molecule has 0 saturated heterocycles. The molecule has 0 amide bonds. The summed E-state index contributed by atoms with van der Waals surface area (Å²) in [5, 5.41) is 41.6. The van der Waals surface area contributed by atoms with E-state index >= 15 is 0 Å². The zero-order chi connectivity index (χ0) is 34.3. The Hall–Kier alpha value is -2.45. The number of aliphatic hydroxyl groups excluding tert-OH is 2. The van der Waals surface area contributed by atoms with Crippen LogP contribution in [0.4, 0.5) is 14.6 Å². The van der Waals surface area contributed by atoms with Gasteiger partial charge in [0.1, 0.15) is 12.2 Å². The highest BCUT2D eigenvalue weighted by Crippen LogP contribution is 2.44. The highest BCUT2D eigenvalue weighted by molar-refractivity contribution is 7.99. The molecule has 2 fully saturated rings. The summed E-state index contributed by atoms with van der Waals surface area (Å²) in [6, 6.07) is -6.91. The Bertz CT molecular complexity index is 1660. The van der Waals surface area contributed by atoms with Gasteiger partial charge in [0.25, 0.3) is 0 Å². The molecule has 2 saturated carbocycles. The minimum atomic E-state index is -3.45. The zero-order valence-corrected chi connectivity index (χ0v) is 19.5. The van der Waals surface area contributed by atoms with Crippen LogP contribution in [0.3, 0.4) is 0 Å². The van der Waals surface area contributed by atoms with Crippen LogP contribution in [0, 0.1) is 11.6 Å². The molecule has 3 aromatic rings. The van der Waals surface area contributed by atoms with Gasteiger partial charge < -0.3 is 25.4 Å². The number of halogens is 2. The number of aromatic nitrogens is 5. The van der Waals surface area contributed by atoms with E-state index in [2.05, 4.69) is 25.6 Å². The quantitative estimate of drug-likeness (QED) is 0.227. The van der Waals surface area contributed by atoms with Crippen LogP contribution in [-0.2, 0) is 4.74 Å². The van der Waals surface area contributed by atoms with E-state index in [4.69, 9.17) is 18.4 Å². The highest BCUT2D eigenvalue weighted by Gasteiger charge is 2.45. The van der Waals surface area contributed by atoms with Gasteiger partial charge in [0.2, 0.25) is 0 Å². The van der Waals surface area contributed by atoms with Crippen LogP contribution in [0.2, 0.25) is 0 Å². The molecule has 6 atom stereocenters. The van der Waals surface area contributed by atoms with E-state index < -0.39 is 91.1 Å². The van der Waals surface area contributed by atoms with Gasteiger partial charge in [0.05, 0.1) is 36.2 Å². The van der Waals surface area contributed by atoms with Gasteiger partial charge >= 0.3 is 0 Å². The van der Waals surface area contributed by atoms with E-state index in [0.717, 1.165) is 16.4 Å². The number of benzene rings is 1. The largest absolute Gasteiger partial charge is 0.394 e. The van der Waals surface area contributed by atoms with Crippen molar-refractivity contribution < 1.29 is 42.5 Å². The first-order valence-electron chi connectivity index (χ1n) is 15.9. The summed E-state index contributed by atoms with van der Waals surface area (Å²) in [7, 11) is 0. The van der Waals surface area contributed by atoms with Crippen LogP contribution >= 0.6 is 11.8 Å². The number of anilines is 1. The molecule has 0 bridgehead atoms. The van der Waals surface area contributed by atoms with Crippen molar-refractivity contribution in [2.45, 2.75) is 67.6 Å². The number of nitrogens with one attached hydrogen (secondary N) is 1. The van der Waals surface area contributed by atoms with Gasteiger partial charge in [-0.25, -0.2) is 23.4 Å². The van der Waals surface area contributed by atoms with E-state index in [0.29, 0.717) is 12.2 Å². The van der Waals surface area contributed by atoms with E-state index in [9.17, 15) is 24.1 Å². The lowest BCUT2D eigenvalue weighted by molar-refractivity contribution is -0.0629. The summed E-state index contributed by atoms with van der Waals surface area (Å²) in [6.45, 7) is -4.84. The summed E-state index contributed by atoms with van der Waals surface area (Å²) in [4.78, 5) is 8.75. The second-order valence-electron chi connectivity index (χ2n) is 8.10. The molecule has 36 heavy (non-hydrogen) atoms. The van der Waals surface area contributed by atoms with Gasteiger partial charge in [0.15, 0.2) is 33.8 Å². The van der Waals surface area contributed by atoms with Gasteiger partial charge in [-0.05, 0) is 30.4 Å². The Morgan fingerprint density at radius 1 is 1.33 bits per heavy atom. The predicted molar refractivity (Wildman–Crippen MR) is 128 cm³/mol. The van der Waals surface area contributed by atoms with E-state index in [1.165, 1.54) is 0 Å². The van der Waals surface area contributed by atoms with Crippen LogP contribution < -0.4 is 5.32 Å². The molecule has 1 aromatic carbocycles. The summed E-state index contributed by atoms with van der Waals surface area (Å²) in [5.74, 6) is -4.97. The van der Waals surface area contributed by atoms with Crippen molar-refractivity contribution in [2.75, 3.05) is 24.2 Å². The number of thioether (sulfide) groups is 1. The van der Waals surface area contributed by atoms with Crippen molar-refractivity contribution in [3.63, 3.8) is 0 Å². The topological polar surface area (TPSA) is 138 Å². The monoisotopic (exact) mass is 532 g/mol. The Balaban J connectivity index is 1.54. The molecule has 10 nitrogen and oxygen atoms in total. The smallest absolute Gasteiger partial charge is 0.191 e. The second kappa shape index (κ2) is 10.5. The van der Waals surface area contributed by atoms with Gasteiger partial charge in [-0.1, -0.05) is 29.9 Å². The predicted octanol–water partition coefficient (Wildman–Crippen LogP) is 2.01. The van der Waals surface area contributed by atoms with E-state index in [1.807, 2.05) is 6.92 Å². The average Bonchev–Trinajstić information content (AvgIpc) is 3.26. The van der Waals surface area contributed by atoms with Gasteiger partial charge in [-0.2, -0.15) is 0 Å². The number of aliphatic hydroxyl groups is 3. The summed E-state index contributed by atoms with van der Waals surface area (Å²) in [6.07, 6.45) is -7.21. The molecule has 2 heterocycles. The lowest BCUT2D eigenvalue weighted by Crippen LogP contribution is -2.33. The van der Waals surface area contributed by atoms with Crippen molar-refractivity contribution in [1.29, 1.82) is 0 Å². The normalized spacial score (nSPS) is 35.9. The number of rotatable bonds is 10. The van der Waals surface area contributed by atoms with Crippen LogP contribution in [0.15, 0.2) is 23.3 Å². The number of ether oxygens (including phenoxy) is 1. The van der Waals surface area contributed by atoms with Crippen LogP contribution in [-0.4, -0.2) is 83.5 Å². The molecule has 4 N–H and O–H groups in total. The Labute approximate surface area is 224 Å². The Morgan fingerprint density at radius 2 is 2.17 bits per heavy atom. The number of hydrogen-bond acceptors (Lipinski definition) is 10. The fourth-order valence-corrected chi connectivity index (χ4v) is 4.59. The van der Waals surface area contributed by atoms with Crippen LogP contribution in [0.5, 0.6) is 0 Å². The first-order valence-corrected chi connectivity index (χ1v) is 11.9. The lowest BCUT2D eigenvalue weighted by Gasteiger charge is -2.17. The number of fused-ring (bicyclic) bond motifs is 1. The highest BCUT2D eigenvalue weighted by atomic mass is 32.2. The van der Waals surface area contributed by atoms with Crippen molar-refractivity contribution in [3.8, 4) is 0 Å². The average molecular weight is 533 g/mol. The third kappa shape index (κ3) is 4.90. The van der Waals surface area contributed by atoms with E-state index in [-0.39, 0.29) is 28.6 Å². The molecular weight excluding hydrogens is 494 g/mol. The third-order valence-electron chi connectivity index (χ3n) is 5.70. The Kier molecular flexibility index (Phi) is 4.59. The molecule has 2 aliphatic carbocycles. The standard InChI is InChI=1S/C23H28F2N6O4S/c1-2-7-36-23-27-21(26-15-9-12(15)11-3-4-13(24)14(25)8-11)18-22(28-23)31(30-29-18)16-10-17(35-6-5-32)20(34)19(16)33/h3-4,8,12,15-17,19-20,32-34H,2,5-7,9-10H2,1H3,(H,26,27,28)/t12?,15-,16+,17-,19-,20+/m0/s1/i3D,4D,5D2,6D2,8D,9D2,15D. The van der Waals surface area contributed by atoms with Gasteiger partial charge in [-0.3, -0.25) is 0 Å². The molecule has 194 valence electrons. The molecule has 1 unspecified atom stereocenters. The molecule has 2 aromatic heterocycles. The summed E-state index contributed by atoms with van der Waals surface area (Å²) in [5.41, 5.74) is -0.934. The molecule has 13 heteroatoms. The molecule has 2 aliphatic rings.